The van der Waals surface area contributed by atoms with Crippen LogP contribution in [0.2, 0.25) is 0 Å². The van der Waals surface area contributed by atoms with Crippen LogP contribution in [0.5, 0.6) is 11.5 Å². The number of carbonyl (C=O) groups excluding carboxylic acids is 2. The minimum Gasteiger partial charge on any atom is -0.494 e. The van der Waals surface area contributed by atoms with Crippen LogP contribution in [-0.2, 0) is 14.3 Å². The van der Waals surface area contributed by atoms with Crippen LogP contribution in [-0.4, -0.2) is 44.8 Å². The molecule has 1 amide bonds. The Balaban J connectivity index is 1.67. The summed E-state index contributed by atoms with van der Waals surface area (Å²) in [5, 5.41) is 2.72. The number of hydrogen-bond donors (Lipinski definition) is 1. The molecular formula is C23H30N2O5. The molecule has 30 heavy (non-hydrogen) atoms. The van der Waals surface area contributed by atoms with Crippen LogP contribution >= 0.6 is 0 Å². The number of nitrogens with zero attached hydrogens (tertiary/aromatic N) is 1. The lowest BCUT2D eigenvalue weighted by atomic mass is 10.2. The Bertz CT molecular complexity index is 786. The molecule has 0 aromatic heterocycles. The normalized spacial score (nSPS) is 10.2. The summed E-state index contributed by atoms with van der Waals surface area (Å²) in [6.07, 6.45) is 0.0546. The van der Waals surface area contributed by atoms with Crippen molar-refractivity contribution in [3.8, 4) is 11.5 Å². The van der Waals surface area contributed by atoms with Gasteiger partial charge in [-0.1, -0.05) is 0 Å². The Morgan fingerprint density at radius 2 is 1.47 bits per heavy atom. The third kappa shape index (κ3) is 7.66. The first kappa shape index (κ1) is 23.1. The first-order valence-corrected chi connectivity index (χ1v) is 10.2. The van der Waals surface area contributed by atoms with Gasteiger partial charge in [-0.15, -0.1) is 0 Å². The molecule has 0 bridgehead atoms. The molecule has 0 aliphatic heterocycles. The van der Waals surface area contributed by atoms with E-state index in [4.69, 9.17) is 14.2 Å². The van der Waals surface area contributed by atoms with Gasteiger partial charge in [0.15, 0.2) is 6.61 Å². The summed E-state index contributed by atoms with van der Waals surface area (Å²) in [6, 6.07) is 14.7. The van der Waals surface area contributed by atoms with Crippen molar-refractivity contribution in [3.63, 3.8) is 0 Å². The molecule has 0 saturated heterocycles. The number of esters is 1. The van der Waals surface area contributed by atoms with E-state index in [0.29, 0.717) is 18.0 Å². The zero-order valence-electron chi connectivity index (χ0n) is 17.8. The van der Waals surface area contributed by atoms with Gasteiger partial charge >= 0.3 is 5.97 Å². The average Bonchev–Trinajstić information content (AvgIpc) is 2.76. The first-order chi connectivity index (χ1) is 14.5. The summed E-state index contributed by atoms with van der Waals surface area (Å²) < 4.78 is 15.9. The van der Waals surface area contributed by atoms with E-state index in [1.807, 2.05) is 31.2 Å². The van der Waals surface area contributed by atoms with Crippen molar-refractivity contribution < 1.29 is 23.8 Å². The molecule has 0 atom stereocenters. The monoisotopic (exact) mass is 414 g/mol. The second kappa shape index (κ2) is 12.4. The maximum Gasteiger partial charge on any atom is 0.309 e. The Labute approximate surface area is 177 Å². The quantitative estimate of drug-likeness (QED) is 0.531. The van der Waals surface area contributed by atoms with Crippen molar-refractivity contribution in [1.29, 1.82) is 0 Å². The van der Waals surface area contributed by atoms with Gasteiger partial charge in [0.1, 0.15) is 11.5 Å². The second-order valence-corrected chi connectivity index (χ2v) is 6.43. The van der Waals surface area contributed by atoms with Crippen molar-refractivity contribution in [3.05, 3.63) is 48.5 Å². The number of rotatable bonds is 12. The number of benzene rings is 2. The molecule has 1 N–H and O–H groups in total. The molecule has 0 unspecified atom stereocenters. The van der Waals surface area contributed by atoms with Crippen LogP contribution in [0.25, 0.3) is 0 Å². The molecule has 2 aromatic carbocycles. The topological polar surface area (TPSA) is 77.1 Å². The van der Waals surface area contributed by atoms with E-state index in [1.54, 1.807) is 24.3 Å². The predicted molar refractivity (Wildman–Crippen MR) is 117 cm³/mol. The molecular weight excluding hydrogens is 384 g/mol. The molecule has 0 spiro atoms. The van der Waals surface area contributed by atoms with Gasteiger partial charge in [-0.3, -0.25) is 9.59 Å². The summed E-state index contributed by atoms with van der Waals surface area (Å²) in [5.41, 5.74) is 1.75. The van der Waals surface area contributed by atoms with E-state index in [0.717, 1.165) is 24.5 Å². The number of ether oxygens (including phenoxy) is 3. The van der Waals surface area contributed by atoms with Crippen molar-refractivity contribution >= 4 is 23.3 Å². The molecule has 0 radical (unpaired) electrons. The van der Waals surface area contributed by atoms with Gasteiger partial charge in [0, 0.05) is 24.5 Å². The summed E-state index contributed by atoms with van der Waals surface area (Å²) in [4.78, 5) is 26.0. The number of nitrogens with one attached hydrogen (secondary N) is 1. The molecule has 7 nitrogen and oxygen atoms in total. The van der Waals surface area contributed by atoms with Crippen LogP contribution in [0.3, 0.4) is 0 Å². The average molecular weight is 415 g/mol. The molecule has 0 saturated carbocycles. The predicted octanol–water partition coefficient (Wildman–Crippen LogP) is 3.88. The van der Waals surface area contributed by atoms with E-state index in [1.165, 1.54) is 0 Å². The Morgan fingerprint density at radius 1 is 0.867 bits per heavy atom. The molecule has 2 aromatic rings. The van der Waals surface area contributed by atoms with E-state index in [-0.39, 0.29) is 25.5 Å². The minimum atomic E-state index is -0.493. The lowest BCUT2D eigenvalue weighted by molar-refractivity contribution is -0.147. The summed E-state index contributed by atoms with van der Waals surface area (Å²) >= 11 is 0. The smallest absolute Gasteiger partial charge is 0.309 e. The molecule has 0 fully saturated rings. The summed E-state index contributed by atoms with van der Waals surface area (Å²) in [7, 11) is 0. The Morgan fingerprint density at radius 3 is 2.03 bits per heavy atom. The Hall–Kier alpha value is -3.22. The number of carbonyl (C=O) groups is 2. The fraction of sp³-hybridized carbons (Fsp3) is 0.391. The van der Waals surface area contributed by atoms with Gasteiger partial charge in [0.2, 0.25) is 0 Å². The van der Waals surface area contributed by atoms with Crippen LogP contribution in [0.15, 0.2) is 48.5 Å². The SMILES string of the molecule is CCOc1ccc(OCCC(=O)OCC(=O)Nc2ccc(N(CC)CC)cc2)cc1. The standard InChI is InChI=1S/C23H30N2O5/c1-4-25(5-2)19-9-7-18(8-10-19)24-22(26)17-30-23(27)15-16-29-21-13-11-20(12-14-21)28-6-3/h7-14H,4-6,15-17H2,1-3H3,(H,24,26). The highest BCUT2D eigenvalue weighted by atomic mass is 16.5. The number of amides is 1. The van der Waals surface area contributed by atoms with Crippen molar-refractivity contribution in [2.45, 2.75) is 27.2 Å². The molecule has 0 heterocycles. The van der Waals surface area contributed by atoms with E-state index < -0.39 is 5.97 Å². The van der Waals surface area contributed by atoms with E-state index >= 15 is 0 Å². The summed E-state index contributed by atoms with van der Waals surface area (Å²) in [5.74, 6) is 0.523. The van der Waals surface area contributed by atoms with Gasteiger partial charge < -0.3 is 24.4 Å². The highest BCUT2D eigenvalue weighted by Crippen LogP contribution is 2.18. The zero-order chi connectivity index (χ0) is 21.8. The fourth-order valence-electron chi connectivity index (χ4n) is 2.81. The number of hydrogen-bond acceptors (Lipinski definition) is 6. The highest BCUT2D eigenvalue weighted by Gasteiger charge is 2.09. The zero-order valence-corrected chi connectivity index (χ0v) is 17.8. The molecule has 0 aliphatic carbocycles. The van der Waals surface area contributed by atoms with Gasteiger partial charge in [-0.2, -0.15) is 0 Å². The van der Waals surface area contributed by atoms with Gasteiger partial charge in [0.25, 0.3) is 5.91 Å². The molecule has 162 valence electrons. The van der Waals surface area contributed by atoms with Crippen LogP contribution in [0.1, 0.15) is 27.2 Å². The third-order valence-electron chi connectivity index (χ3n) is 4.35. The molecule has 7 heteroatoms. The van der Waals surface area contributed by atoms with Crippen LogP contribution in [0, 0.1) is 0 Å². The van der Waals surface area contributed by atoms with Crippen molar-refractivity contribution in [2.75, 3.05) is 43.1 Å². The van der Waals surface area contributed by atoms with Crippen molar-refractivity contribution in [1.82, 2.24) is 0 Å². The number of anilines is 2. The lowest BCUT2D eigenvalue weighted by Crippen LogP contribution is -2.22. The van der Waals surface area contributed by atoms with Crippen LogP contribution < -0.4 is 19.7 Å². The Kier molecular flexibility index (Phi) is 9.51. The lowest BCUT2D eigenvalue weighted by Gasteiger charge is -2.21. The van der Waals surface area contributed by atoms with Gasteiger partial charge in [0.05, 0.1) is 19.6 Å². The van der Waals surface area contributed by atoms with E-state index in [9.17, 15) is 9.59 Å². The summed E-state index contributed by atoms with van der Waals surface area (Å²) in [6.45, 7) is 8.37. The highest BCUT2D eigenvalue weighted by molar-refractivity contribution is 5.92. The van der Waals surface area contributed by atoms with E-state index in [2.05, 4.69) is 24.1 Å². The van der Waals surface area contributed by atoms with Crippen molar-refractivity contribution in [2.24, 2.45) is 0 Å². The van der Waals surface area contributed by atoms with Crippen LogP contribution in [0.4, 0.5) is 11.4 Å². The minimum absolute atomic E-state index is 0.0546. The molecule has 0 aliphatic rings. The third-order valence-corrected chi connectivity index (χ3v) is 4.35. The maximum absolute atomic E-state index is 12.0. The van der Waals surface area contributed by atoms with Gasteiger partial charge in [-0.05, 0) is 69.3 Å². The molecule has 2 rings (SSSR count). The second-order valence-electron chi connectivity index (χ2n) is 6.43. The van der Waals surface area contributed by atoms with Gasteiger partial charge in [-0.25, -0.2) is 0 Å². The largest absolute Gasteiger partial charge is 0.494 e. The maximum atomic E-state index is 12.0. The fourth-order valence-corrected chi connectivity index (χ4v) is 2.81. The first-order valence-electron chi connectivity index (χ1n) is 10.2.